The molecule has 0 heterocycles. The van der Waals surface area contributed by atoms with Crippen molar-refractivity contribution in [2.45, 2.75) is 16.7 Å². The van der Waals surface area contributed by atoms with Crippen molar-refractivity contribution in [2.75, 3.05) is 16.3 Å². The van der Waals surface area contributed by atoms with Crippen LogP contribution in [0.15, 0.2) is 172 Å². The molecule has 0 radical (unpaired) electrons. The van der Waals surface area contributed by atoms with Crippen LogP contribution < -0.4 is 10.0 Å². The minimum atomic E-state index is -5.05. The molecule has 0 atom stereocenters. The van der Waals surface area contributed by atoms with Gasteiger partial charge in [-0.05, 0) is 73.2 Å². The monoisotopic (exact) mass is 995 g/mol. The summed E-state index contributed by atoms with van der Waals surface area (Å²) in [4.78, 5) is 9.29. The highest BCUT2D eigenvalue weighted by Crippen LogP contribution is 2.51. The van der Waals surface area contributed by atoms with Crippen molar-refractivity contribution in [1.29, 1.82) is 0 Å². The number of phenolic OH excluding ortho intramolecular Hbond substituents is 3. The number of aryl methyl sites for hydroxylation is 1. The molecular formula is C42H33N11O13S3. The van der Waals surface area contributed by atoms with Gasteiger partial charge in [0.15, 0.2) is 17.2 Å². The zero-order chi connectivity index (χ0) is 49.8. The highest BCUT2D eigenvalue weighted by atomic mass is 32.2. The fourth-order valence-electron chi connectivity index (χ4n) is 6.30. The number of nitrogens with zero attached hydrogens (tertiary/aromatic N) is 9. The van der Waals surface area contributed by atoms with Crippen LogP contribution in [-0.2, 0) is 30.3 Å². The third kappa shape index (κ3) is 11.5. The lowest BCUT2D eigenvalue weighted by Crippen LogP contribution is -2.09. The van der Waals surface area contributed by atoms with E-state index in [-0.39, 0.29) is 39.5 Å². The van der Waals surface area contributed by atoms with Gasteiger partial charge in [-0.1, -0.05) is 36.4 Å². The maximum Gasteiger partial charge on any atom is 0.296 e. The summed E-state index contributed by atoms with van der Waals surface area (Å²) in [6, 6.07) is 27.4. The van der Waals surface area contributed by atoms with Crippen LogP contribution in [0.3, 0.4) is 0 Å². The Balaban J connectivity index is 1.30. The summed E-state index contributed by atoms with van der Waals surface area (Å²) >= 11 is 0. The van der Waals surface area contributed by atoms with Crippen molar-refractivity contribution in [1.82, 2.24) is 0 Å². The Morgan fingerprint density at radius 3 is 1.74 bits per heavy atom. The first kappa shape index (κ1) is 48.3. The summed E-state index contributed by atoms with van der Waals surface area (Å²) in [6.45, 7) is 1.53. The molecule has 0 bridgehead atoms. The second kappa shape index (κ2) is 19.3. The van der Waals surface area contributed by atoms with Gasteiger partial charge in [0.1, 0.15) is 38.3 Å². The smallest absolute Gasteiger partial charge is 0.296 e. The molecule has 0 aromatic heterocycles. The van der Waals surface area contributed by atoms with Crippen LogP contribution in [0.1, 0.15) is 5.56 Å². The fourth-order valence-corrected chi connectivity index (χ4v) is 8.23. The molecule has 0 unspecified atom stereocenters. The van der Waals surface area contributed by atoms with Crippen molar-refractivity contribution in [3.8, 4) is 17.2 Å². The minimum Gasteiger partial charge on any atom is -0.506 e. The molecule has 7 aromatic rings. The number of hydrogen-bond acceptors (Lipinski definition) is 20. The summed E-state index contributed by atoms with van der Waals surface area (Å²) in [7, 11) is -13.8. The van der Waals surface area contributed by atoms with Gasteiger partial charge >= 0.3 is 0 Å². The Morgan fingerprint density at radius 1 is 0.536 bits per heavy atom. The van der Waals surface area contributed by atoms with E-state index in [2.05, 4.69) is 51.0 Å². The molecule has 24 nitrogen and oxygen atoms in total. The third-order valence-corrected chi connectivity index (χ3v) is 11.8. The van der Waals surface area contributed by atoms with Gasteiger partial charge in [-0.25, -0.2) is 8.42 Å². The van der Waals surface area contributed by atoms with E-state index in [0.717, 1.165) is 36.6 Å². The summed E-state index contributed by atoms with van der Waals surface area (Å²) < 4.78 is 96.3. The number of nitro groups is 1. The van der Waals surface area contributed by atoms with E-state index in [9.17, 15) is 59.8 Å². The standard InChI is InChI=1S/C42H33N11O13S3/c1-23-17-32(47-45-26-13-16-30(38(18-26)69(64,65)66)43-24-9-5-3-6-10-24)33(52-67(2,59)60)20-31(23)46-48-34-21-35(42(56)40(41(34)55)51-44-25-11-7-4-8-12-25)49-50-39-28-15-14-27(53(57)58)19-29(28)37(22-36(39)54)68(61,62)63/h3-22,43,52,54-56H,1-2H3,(H,61,62,63)(H,64,65,66). The molecule has 7 rings (SSSR count). The largest absolute Gasteiger partial charge is 0.506 e. The number of non-ortho nitro benzene ring substituents is 1. The van der Waals surface area contributed by atoms with Crippen molar-refractivity contribution in [2.24, 2.45) is 40.9 Å². The van der Waals surface area contributed by atoms with E-state index in [4.69, 9.17) is 0 Å². The van der Waals surface area contributed by atoms with Crippen LogP contribution in [0, 0.1) is 17.0 Å². The van der Waals surface area contributed by atoms with Crippen molar-refractivity contribution in [3.63, 3.8) is 0 Å². The fraction of sp³-hybridized carbons (Fsp3) is 0.0476. The zero-order valence-electron chi connectivity index (χ0n) is 35.3. The summed E-state index contributed by atoms with van der Waals surface area (Å²) in [5, 5.41) is 79.8. The molecule has 7 aromatic carbocycles. The van der Waals surface area contributed by atoms with Gasteiger partial charge in [-0.15, -0.1) is 25.6 Å². The second-order valence-electron chi connectivity index (χ2n) is 14.5. The maximum atomic E-state index is 12.5. The molecular weight excluding hydrogens is 963 g/mol. The molecule has 0 aliphatic carbocycles. The molecule has 0 spiro atoms. The number of hydrogen-bond donors (Lipinski definition) is 7. The molecule has 352 valence electrons. The molecule has 0 saturated heterocycles. The Hall–Kier alpha value is -8.63. The maximum absolute atomic E-state index is 12.5. The average Bonchev–Trinajstić information content (AvgIpc) is 3.28. The van der Waals surface area contributed by atoms with Crippen LogP contribution in [0.4, 0.5) is 68.2 Å². The number of aromatic hydroxyl groups is 3. The van der Waals surface area contributed by atoms with Crippen LogP contribution in [-0.4, -0.2) is 60.9 Å². The van der Waals surface area contributed by atoms with Crippen LogP contribution in [0.2, 0.25) is 0 Å². The van der Waals surface area contributed by atoms with Gasteiger partial charge in [-0.3, -0.25) is 23.9 Å². The molecule has 0 aliphatic rings. The van der Waals surface area contributed by atoms with Gasteiger partial charge < -0.3 is 20.6 Å². The van der Waals surface area contributed by atoms with Gasteiger partial charge in [0.2, 0.25) is 10.0 Å². The molecule has 7 N–H and O–H groups in total. The molecule has 27 heteroatoms. The third-order valence-electron chi connectivity index (χ3n) is 9.45. The topological polar surface area (TPSA) is 370 Å². The highest BCUT2D eigenvalue weighted by Gasteiger charge is 2.24. The highest BCUT2D eigenvalue weighted by molar-refractivity contribution is 7.92. The molecule has 0 aliphatic heterocycles. The first-order valence-corrected chi connectivity index (χ1v) is 24.1. The molecule has 0 amide bonds. The lowest BCUT2D eigenvalue weighted by molar-refractivity contribution is -0.384. The Kier molecular flexibility index (Phi) is 13.5. The first-order chi connectivity index (χ1) is 32.6. The summed E-state index contributed by atoms with van der Waals surface area (Å²) in [5.41, 5.74) is -1.76. The lowest BCUT2D eigenvalue weighted by Gasteiger charge is -2.11. The Bertz CT molecular complexity index is 3670. The van der Waals surface area contributed by atoms with E-state index in [1.807, 2.05) is 0 Å². The van der Waals surface area contributed by atoms with E-state index in [1.165, 1.54) is 31.2 Å². The number of anilines is 3. The van der Waals surface area contributed by atoms with Gasteiger partial charge in [0.05, 0.1) is 39.6 Å². The SMILES string of the molecule is Cc1cc(N=Nc2ccc(Nc3ccccc3)c(S(=O)(=O)O)c2)c(NS(C)(=O)=O)cc1N=Nc1cc(N=Nc2c(O)cc(S(=O)(=O)O)c3cc([N+](=O)[O-])ccc23)c(O)c(N=Nc2ccccc2)c1O. The number of nitro benzene ring substituents is 1. The molecule has 0 saturated carbocycles. The number of benzene rings is 7. The van der Waals surface area contributed by atoms with Crippen LogP contribution in [0.25, 0.3) is 10.8 Å². The quantitative estimate of drug-likeness (QED) is 0.0217. The second-order valence-corrected chi connectivity index (χ2v) is 19.0. The van der Waals surface area contributed by atoms with E-state index >= 15 is 0 Å². The predicted molar refractivity (Wildman–Crippen MR) is 251 cm³/mol. The number of para-hydroxylation sites is 1. The van der Waals surface area contributed by atoms with Crippen molar-refractivity contribution < 1.29 is 54.6 Å². The van der Waals surface area contributed by atoms with E-state index in [1.54, 1.807) is 60.7 Å². The summed E-state index contributed by atoms with van der Waals surface area (Å²) in [5.74, 6) is -2.48. The summed E-state index contributed by atoms with van der Waals surface area (Å²) in [6.07, 6.45) is 0.858. The average molecular weight is 996 g/mol. The number of sulfonamides is 1. The lowest BCUT2D eigenvalue weighted by atomic mass is 10.1. The van der Waals surface area contributed by atoms with E-state index < -0.39 is 96.0 Å². The molecule has 0 fully saturated rings. The van der Waals surface area contributed by atoms with Crippen molar-refractivity contribution in [3.05, 3.63) is 137 Å². The van der Waals surface area contributed by atoms with Gasteiger partial charge in [0.25, 0.3) is 25.9 Å². The van der Waals surface area contributed by atoms with Gasteiger partial charge in [0, 0.05) is 40.7 Å². The van der Waals surface area contributed by atoms with E-state index in [0.29, 0.717) is 17.3 Å². The van der Waals surface area contributed by atoms with Gasteiger partial charge in [-0.2, -0.15) is 32.2 Å². The minimum absolute atomic E-state index is 0.0161. The number of fused-ring (bicyclic) bond motifs is 1. The predicted octanol–water partition coefficient (Wildman–Crippen LogP) is 11.4. The number of azo groups is 4. The first-order valence-electron chi connectivity index (χ1n) is 19.3. The van der Waals surface area contributed by atoms with Crippen LogP contribution in [0.5, 0.6) is 17.2 Å². The molecule has 69 heavy (non-hydrogen) atoms. The zero-order valence-corrected chi connectivity index (χ0v) is 37.7. The van der Waals surface area contributed by atoms with Crippen molar-refractivity contribution >= 4 is 109 Å². The number of nitrogens with one attached hydrogen (secondary N) is 2. The normalized spacial score (nSPS) is 12.5. The number of rotatable bonds is 15. The Labute approximate surface area is 390 Å². The van der Waals surface area contributed by atoms with Crippen LogP contribution >= 0.6 is 0 Å². The Morgan fingerprint density at radius 2 is 1.12 bits per heavy atom. The number of phenols is 3.